The zero-order valence-corrected chi connectivity index (χ0v) is 7.82. The molecule has 72 valence electrons. The Morgan fingerprint density at radius 3 is 2.86 bits per heavy atom. The summed E-state index contributed by atoms with van der Waals surface area (Å²) in [4.78, 5) is 4.06. The van der Waals surface area contributed by atoms with Crippen LogP contribution in [0.4, 0.5) is 5.82 Å². The highest BCUT2D eigenvalue weighted by atomic mass is 32.1. The van der Waals surface area contributed by atoms with Gasteiger partial charge in [0.2, 0.25) is 4.67 Å². The van der Waals surface area contributed by atoms with E-state index in [2.05, 4.69) is 10.1 Å². The van der Waals surface area contributed by atoms with Gasteiger partial charge >= 0.3 is 0 Å². The molecule has 0 spiro atoms. The first-order valence-corrected chi connectivity index (χ1v) is 4.65. The average Bonchev–Trinajstić information content (AvgIpc) is 2.27. The van der Waals surface area contributed by atoms with Gasteiger partial charge in [0.25, 0.3) is 0 Å². The fourth-order valence-electron chi connectivity index (χ4n) is 1.10. The van der Waals surface area contributed by atoms with E-state index in [9.17, 15) is 0 Å². The molecule has 0 amide bonds. The lowest BCUT2D eigenvalue weighted by Crippen LogP contribution is -2.08. The Hall–Kier alpha value is -1.66. The summed E-state index contributed by atoms with van der Waals surface area (Å²) in [5.74, 6) is 0.149. The summed E-state index contributed by atoms with van der Waals surface area (Å²) in [7, 11) is 0. The Kier molecular flexibility index (Phi) is 2.30. The molecule has 0 fully saturated rings. The van der Waals surface area contributed by atoms with Crippen molar-refractivity contribution in [1.82, 2.24) is 4.98 Å². The highest BCUT2D eigenvalue weighted by Gasteiger charge is 2.01. The van der Waals surface area contributed by atoms with Gasteiger partial charge < -0.3 is 5.21 Å². The first-order valence-electron chi connectivity index (χ1n) is 3.83. The topological polar surface area (TPSA) is 77.7 Å². The number of aromatic nitrogens is 1. The fourth-order valence-corrected chi connectivity index (χ4v) is 1.90. The molecule has 6 heteroatoms. The van der Waals surface area contributed by atoms with E-state index in [0.29, 0.717) is 0 Å². The maximum atomic E-state index is 8.73. The predicted molar refractivity (Wildman–Crippen MR) is 52.4 cm³/mol. The quantitative estimate of drug-likeness (QED) is 0.490. The smallest absolute Gasteiger partial charge is 0.200 e. The molecule has 0 atom stereocenters. The monoisotopic (exact) mass is 209 g/mol. The van der Waals surface area contributed by atoms with Crippen molar-refractivity contribution in [2.75, 3.05) is 5.48 Å². The molecule has 0 aliphatic carbocycles. The van der Waals surface area contributed by atoms with Crippen LogP contribution < -0.4 is 10.2 Å². The Bertz CT molecular complexity index is 523. The highest BCUT2D eigenvalue weighted by molar-refractivity contribution is 7.16. The summed E-state index contributed by atoms with van der Waals surface area (Å²) in [6.07, 6.45) is 0. The summed E-state index contributed by atoms with van der Waals surface area (Å²) in [6.45, 7) is 0. The molecular weight excluding hydrogens is 202 g/mol. The number of hydrogen-bond acceptors (Lipinski definition) is 6. The van der Waals surface area contributed by atoms with Crippen molar-refractivity contribution in [3.05, 3.63) is 28.9 Å². The standard InChI is InChI=1S/C8H7N3O2S/c12-10-7-8(11-13)14-6-4-2-1-3-5(6)9-7/h1-4,12-13H,(H,9,10)/b11-8-. The van der Waals surface area contributed by atoms with E-state index in [1.807, 2.05) is 29.7 Å². The van der Waals surface area contributed by atoms with Gasteiger partial charge in [0, 0.05) is 0 Å². The van der Waals surface area contributed by atoms with Crippen molar-refractivity contribution >= 4 is 27.4 Å². The van der Waals surface area contributed by atoms with Crippen LogP contribution in [-0.2, 0) is 0 Å². The molecule has 2 rings (SSSR count). The number of benzene rings is 1. The second kappa shape index (κ2) is 3.60. The van der Waals surface area contributed by atoms with Gasteiger partial charge in [-0.3, -0.25) is 5.21 Å². The fraction of sp³-hybridized carbons (Fsp3) is 0. The third-order valence-corrected chi connectivity index (χ3v) is 2.74. The van der Waals surface area contributed by atoms with Crippen LogP contribution in [0.1, 0.15) is 0 Å². The van der Waals surface area contributed by atoms with Crippen LogP contribution in [0.3, 0.4) is 0 Å². The third kappa shape index (κ3) is 1.40. The number of rotatable bonds is 1. The highest BCUT2D eigenvalue weighted by Crippen LogP contribution is 2.14. The van der Waals surface area contributed by atoms with Gasteiger partial charge in [-0.25, -0.2) is 10.5 Å². The van der Waals surface area contributed by atoms with Gasteiger partial charge in [-0.2, -0.15) is 0 Å². The Labute approximate surface area is 82.9 Å². The van der Waals surface area contributed by atoms with Crippen LogP contribution in [0.2, 0.25) is 0 Å². The lowest BCUT2D eigenvalue weighted by molar-refractivity contribution is 0.302. The maximum Gasteiger partial charge on any atom is 0.200 e. The van der Waals surface area contributed by atoms with Crippen molar-refractivity contribution in [3.63, 3.8) is 0 Å². The molecule has 14 heavy (non-hydrogen) atoms. The van der Waals surface area contributed by atoms with E-state index < -0.39 is 0 Å². The summed E-state index contributed by atoms with van der Waals surface area (Å²) >= 11 is 1.24. The number of nitrogens with one attached hydrogen (secondary N) is 1. The molecule has 0 aliphatic heterocycles. The first-order chi connectivity index (χ1) is 6.85. The second-order valence-corrected chi connectivity index (χ2v) is 3.58. The molecule has 0 unspecified atom stereocenters. The van der Waals surface area contributed by atoms with Gasteiger partial charge in [0.15, 0.2) is 5.82 Å². The number of fused-ring (bicyclic) bond motifs is 1. The van der Waals surface area contributed by atoms with Gasteiger partial charge in [0.1, 0.15) is 0 Å². The predicted octanol–water partition coefficient (Wildman–Crippen LogP) is 1.39. The van der Waals surface area contributed by atoms with Crippen LogP contribution in [-0.4, -0.2) is 15.4 Å². The molecule has 1 aromatic carbocycles. The van der Waals surface area contributed by atoms with E-state index >= 15 is 0 Å². The molecule has 2 aromatic rings. The molecule has 5 nitrogen and oxygen atoms in total. The van der Waals surface area contributed by atoms with Crippen LogP contribution in [0.5, 0.6) is 0 Å². The minimum atomic E-state index is 0.149. The average molecular weight is 209 g/mol. The van der Waals surface area contributed by atoms with Crippen LogP contribution in [0.15, 0.2) is 29.4 Å². The van der Waals surface area contributed by atoms with E-state index in [-0.39, 0.29) is 10.5 Å². The largest absolute Gasteiger partial charge is 0.410 e. The normalized spacial score (nSPS) is 11.9. The van der Waals surface area contributed by atoms with Crippen LogP contribution in [0.25, 0.3) is 10.2 Å². The van der Waals surface area contributed by atoms with Crippen molar-refractivity contribution < 1.29 is 10.4 Å². The molecular formula is C8H7N3O2S. The lowest BCUT2D eigenvalue weighted by Gasteiger charge is -1.99. The Balaban J connectivity index is 2.83. The van der Waals surface area contributed by atoms with Crippen LogP contribution >= 0.6 is 11.3 Å². The van der Waals surface area contributed by atoms with E-state index in [1.54, 1.807) is 0 Å². The van der Waals surface area contributed by atoms with Crippen molar-refractivity contribution in [2.24, 2.45) is 5.16 Å². The summed E-state index contributed by atoms with van der Waals surface area (Å²) < 4.78 is 1.13. The SMILES string of the molecule is O/N=c1\sc2ccccc2nc1NO. The van der Waals surface area contributed by atoms with Gasteiger partial charge in [-0.15, -0.1) is 11.3 Å². The Morgan fingerprint density at radius 1 is 1.36 bits per heavy atom. The van der Waals surface area contributed by atoms with Gasteiger partial charge in [-0.05, 0) is 12.1 Å². The van der Waals surface area contributed by atoms with Crippen LogP contribution in [0, 0.1) is 0 Å². The zero-order chi connectivity index (χ0) is 9.97. The maximum absolute atomic E-state index is 8.73. The second-order valence-electron chi connectivity index (χ2n) is 2.55. The summed E-state index contributed by atoms with van der Waals surface area (Å²) in [5, 5.41) is 20.4. The summed E-state index contributed by atoms with van der Waals surface area (Å²) in [6, 6.07) is 7.39. The Morgan fingerprint density at radius 2 is 2.14 bits per heavy atom. The minimum Gasteiger partial charge on any atom is -0.410 e. The lowest BCUT2D eigenvalue weighted by atomic mass is 10.3. The molecule has 0 aliphatic rings. The first kappa shape index (κ1) is 8.92. The van der Waals surface area contributed by atoms with E-state index in [0.717, 1.165) is 10.2 Å². The van der Waals surface area contributed by atoms with E-state index in [4.69, 9.17) is 10.4 Å². The molecule has 0 saturated heterocycles. The molecule has 0 bridgehead atoms. The minimum absolute atomic E-state index is 0.149. The molecule has 0 saturated carbocycles. The van der Waals surface area contributed by atoms with Crippen molar-refractivity contribution in [2.45, 2.75) is 0 Å². The molecule has 1 aromatic heterocycles. The van der Waals surface area contributed by atoms with Crippen molar-refractivity contribution in [1.29, 1.82) is 0 Å². The third-order valence-electron chi connectivity index (χ3n) is 1.70. The number of para-hydroxylation sites is 1. The molecule has 1 heterocycles. The van der Waals surface area contributed by atoms with Gasteiger partial charge in [-0.1, -0.05) is 17.3 Å². The van der Waals surface area contributed by atoms with Gasteiger partial charge in [0.05, 0.1) is 10.2 Å². The van der Waals surface area contributed by atoms with E-state index in [1.165, 1.54) is 11.3 Å². The number of hydrogen-bond donors (Lipinski definition) is 3. The summed E-state index contributed by atoms with van der Waals surface area (Å²) in [5.41, 5.74) is 2.62. The van der Waals surface area contributed by atoms with Crippen molar-refractivity contribution in [3.8, 4) is 0 Å². The number of anilines is 1. The number of nitrogens with zero attached hydrogens (tertiary/aromatic N) is 2. The zero-order valence-electron chi connectivity index (χ0n) is 7.01. The molecule has 0 radical (unpaired) electrons. The molecule has 3 N–H and O–H groups in total.